The van der Waals surface area contributed by atoms with Gasteiger partial charge in [-0.1, -0.05) is 0 Å². The van der Waals surface area contributed by atoms with Crippen LogP contribution in [0.4, 0.5) is 0 Å². The Labute approximate surface area is 141 Å². The Morgan fingerprint density at radius 2 is 2.17 bits per heavy atom. The number of carbonyl (C=O) groups excluding carboxylic acids is 1. The van der Waals surface area contributed by atoms with Gasteiger partial charge in [-0.2, -0.15) is 11.8 Å². The summed E-state index contributed by atoms with van der Waals surface area (Å²) in [6.07, 6.45) is 6.58. The molecule has 0 fully saturated rings. The van der Waals surface area contributed by atoms with Crippen molar-refractivity contribution in [3.05, 3.63) is 35.0 Å². The lowest BCUT2D eigenvalue weighted by molar-refractivity contribution is 0.0725. The molecule has 1 atom stereocenters. The monoisotopic (exact) mass is 332 g/mol. The number of fused-ring (bicyclic) bond motifs is 3. The van der Waals surface area contributed by atoms with Crippen LogP contribution in [0.2, 0.25) is 0 Å². The van der Waals surface area contributed by atoms with E-state index in [1.165, 1.54) is 29.5 Å². The van der Waals surface area contributed by atoms with Crippen molar-refractivity contribution in [3.63, 3.8) is 0 Å². The number of aromatic nitrogens is 1. The summed E-state index contributed by atoms with van der Waals surface area (Å²) >= 11 is 1.57. The Morgan fingerprint density at radius 3 is 2.96 bits per heavy atom. The molecule has 3 rings (SSSR count). The zero-order valence-electron chi connectivity index (χ0n) is 13.7. The largest absolute Gasteiger partial charge is 0.387 e. The third-order valence-corrected chi connectivity index (χ3v) is 5.36. The van der Waals surface area contributed by atoms with Gasteiger partial charge in [0.05, 0.1) is 5.60 Å². The van der Waals surface area contributed by atoms with Crippen molar-refractivity contribution < 1.29 is 9.90 Å². The fourth-order valence-corrected chi connectivity index (χ4v) is 4.01. The summed E-state index contributed by atoms with van der Waals surface area (Å²) < 4.78 is 0. The van der Waals surface area contributed by atoms with E-state index in [1.807, 2.05) is 24.5 Å². The molecule has 1 aromatic heterocycles. The molecule has 5 heteroatoms. The molecular weight excluding hydrogens is 308 g/mol. The highest BCUT2D eigenvalue weighted by Crippen LogP contribution is 2.29. The van der Waals surface area contributed by atoms with Crippen molar-refractivity contribution in [1.29, 1.82) is 0 Å². The lowest BCUT2D eigenvalue weighted by Crippen LogP contribution is -2.42. The topological polar surface area (TPSA) is 65.1 Å². The number of aliphatic hydroxyl groups is 1. The Hall–Kier alpha value is -1.46. The average molecular weight is 332 g/mol. The molecule has 0 unspecified atom stereocenters. The van der Waals surface area contributed by atoms with Crippen LogP contribution in [0.25, 0.3) is 10.9 Å². The number of nitrogens with one attached hydrogen (secondary N) is 2. The molecule has 0 aliphatic heterocycles. The zero-order chi connectivity index (χ0) is 16.4. The minimum absolute atomic E-state index is 0.126. The molecule has 4 nitrogen and oxygen atoms in total. The van der Waals surface area contributed by atoms with Crippen LogP contribution < -0.4 is 5.32 Å². The third-order valence-electron chi connectivity index (χ3n) is 4.45. The normalized spacial score (nSPS) is 16.8. The molecule has 0 saturated carbocycles. The van der Waals surface area contributed by atoms with Crippen molar-refractivity contribution in [3.8, 4) is 0 Å². The molecule has 124 valence electrons. The van der Waals surface area contributed by atoms with Gasteiger partial charge in [-0.05, 0) is 62.6 Å². The van der Waals surface area contributed by atoms with E-state index >= 15 is 0 Å². The van der Waals surface area contributed by atoms with Gasteiger partial charge in [-0.15, -0.1) is 0 Å². The number of thioether (sulfide) groups is 1. The summed E-state index contributed by atoms with van der Waals surface area (Å²) in [7, 11) is 0. The van der Waals surface area contributed by atoms with Gasteiger partial charge in [0.1, 0.15) is 0 Å². The lowest BCUT2D eigenvalue weighted by Gasteiger charge is -2.22. The fourth-order valence-electron chi connectivity index (χ4n) is 3.28. The summed E-state index contributed by atoms with van der Waals surface area (Å²) in [5, 5.41) is 14.2. The second-order valence-electron chi connectivity index (χ2n) is 6.66. The second-order valence-corrected chi connectivity index (χ2v) is 7.53. The van der Waals surface area contributed by atoms with E-state index in [4.69, 9.17) is 0 Å². The number of amides is 1. The van der Waals surface area contributed by atoms with Crippen LogP contribution in [0.15, 0.2) is 18.2 Å². The number of hydrogen-bond donors (Lipinski definition) is 3. The summed E-state index contributed by atoms with van der Waals surface area (Å²) in [4.78, 5) is 15.9. The van der Waals surface area contributed by atoms with Gasteiger partial charge in [0.2, 0.25) is 0 Å². The quantitative estimate of drug-likeness (QED) is 0.789. The highest BCUT2D eigenvalue weighted by molar-refractivity contribution is 7.98. The maximum absolute atomic E-state index is 12.4. The molecule has 0 radical (unpaired) electrons. The second kappa shape index (κ2) is 6.57. The molecule has 0 saturated heterocycles. The predicted octanol–water partition coefficient (Wildman–Crippen LogP) is 2.89. The van der Waals surface area contributed by atoms with E-state index in [0.29, 0.717) is 11.3 Å². The summed E-state index contributed by atoms with van der Waals surface area (Å²) in [6, 6.07) is 5.82. The van der Waals surface area contributed by atoms with Gasteiger partial charge >= 0.3 is 0 Å². The van der Waals surface area contributed by atoms with Crippen LogP contribution in [0, 0.1) is 0 Å². The van der Waals surface area contributed by atoms with Gasteiger partial charge in [0.25, 0.3) is 5.91 Å². The van der Waals surface area contributed by atoms with E-state index < -0.39 is 5.60 Å². The predicted molar refractivity (Wildman–Crippen MR) is 96.3 cm³/mol. The Balaban J connectivity index is 1.78. The van der Waals surface area contributed by atoms with Crippen LogP contribution in [-0.4, -0.2) is 40.2 Å². The minimum Gasteiger partial charge on any atom is -0.387 e. The molecule has 1 amide bonds. The number of benzene rings is 1. The molecule has 3 N–H and O–H groups in total. The van der Waals surface area contributed by atoms with Gasteiger partial charge in [-0.3, -0.25) is 4.79 Å². The summed E-state index contributed by atoms with van der Waals surface area (Å²) in [5.74, 6) is 0.469. The average Bonchev–Trinajstić information content (AvgIpc) is 2.90. The van der Waals surface area contributed by atoms with Crippen LogP contribution in [0.5, 0.6) is 0 Å². The number of rotatable bonds is 5. The molecule has 1 aliphatic rings. The molecule has 1 heterocycles. The Morgan fingerprint density at radius 1 is 1.39 bits per heavy atom. The summed E-state index contributed by atoms with van der Waals surface area (Å²) in [5.41, 5.74) is 3.58. The van der Waals surface area contributed by atoms with Crippen LogP contribution in [0.3, 0.4) is 0 Å². The van der Waals surface area contributed by atoms with Crippen LogP contribution >= 0.6 is 11.8 Å². The number of aromatic amines is 1. The van der Waals surface area contributed by atoms with Crippen LogP contribution in [0.1, 0.15) is 41.4 Å². The number of carbonyl (C=O) groups is 1. The highest BCUT2D eigenvalue weighted by Gasteiger charge is 2.21. The van der Waals surface area contributed by atoms with Crippen molar-refractivity contribution in [2.75, 3.05) is 18.6 Å². The van der Waals surface area contributed by atoms with Gasteiger partial charge in [0, 0.05) is 34.5 Å². The molecule has 0 spiro atoms. The molecule has 1 aromatic carbocycles. The fraction of sp³-hybridized carbons (Fsp3) is 0.500. The molecule has 23 heavy (non-hydrogen) atoms. The van der Waals surface area contributed by atoms with Gasteiger partial charge in [0.15, 0.2) is 0 Å². The van der Waals surface area contributed by atoms with Gasteiger partial charge in [-0.25, -0.2) is 0 Å². The van der Waals surface area contributed by atoms with E-state index in [1.54, 1.807) is 18.7 Å². The number of H-pyrrole nitrogens is 1. The van der Waals surface area contributed by atoms with E-state index in [2.05, 4.69) is 10.3 Å². The minimum atomic E-state index is -0.883. The first kappa shape index (κ1) is 16.4. The Bertz CT molecular complexity index is 721. The maximum atomic E-state index is 12.4. The highest BCUT2D eigenvalue weighted by atomic mass is 32.2. The van der Waals surface area contributed by atoms with E-state index in [0.717, 1.165) is 18.4 Å². The number of hydrogen-bond acceptors (Lipinski definition) is 3. The third kappa shape index (κ3) is 3.56. The lowest BCUT2D eigenvalue weighted by atomic mass is 9.95. The van der Waals surface area contributed by atoms with E-state index in [9.17, 15) is 9.90 Å². The maximum Gasteiger partial charge on any atom is 0.251 e. The first-order valence-corrected chi connectivity index (χ1v) is 9.52. The molecule has 1 aliphatic carbocycles. The van der Waals surface area contributed by atoms with Gasteiger partial charge < -0.3 is 15.4 Å². The SMILES string of the molecule is CSC[C@@](C)(O)CNC(=O)c1ccc2[nH]c3c(c2c1)CCCC3. The summed E-state index contributed by atoms with van der Waals surface area (Å²) in [6.45, 7) is 2.01. The Kier molecular flexibility index (Phi) is 4.69. The first-order valence-electron chi connectivity index (χ1n) is 8.13. The molecule has 0 bridgehead atoms. The van der Waals surface area contributed by atoms with E-state index in [-0.39, 0.29) is 12.5 Å². The van der Waals surface area contributed by atoms with Crippen molar-refractivity contribution >= 4 is 28.6 Å². The van der Waals surface area contributed by atoms with Crippen molar-refractivity contribution in [2.45, 2.75) is 38.2 Å². The van der Waals surface area contributed by atoms with Crippen molar-refractivity contribution in [1.82, 2.24) is 10.3 Å². The first-order chi connectivity index (χ1) is 11.0. The van der Waals surface area contributed by atoms with Crippen LogP contribution in [-0.2, 0) is 12.8 Å². The molecule has 2 aromatic rings. The molecular formula is C18H24N2O2S. The zero-order valence-corrected chi connectivity index (χ0v) is 14.6. The standard InChI is InChI=1S/C18H24N2O2S/c1-18(22,11-23-2)10-19-17(21)12-7-8-16-14(9-12)13-5-3-4-6-15(13)20-16/h7-9,20,22H,3-6,10-11H2,1-2H3,(H,19,21)/t18-/m0/s1. The smallest absolute Gasteiger partial charge is 0.251 e. The number of aryl methyl sites for hydroxylation is 2. The van der Waals surface area contributed by atoms with Crippen molar-refractivity contribution in [2.24, 2.45) is 0 Å².